The molecule has 5 heteroatoms. The number of hydrogen-bond acceptors (Lipinski definition) is 4. The molecule has 0 radical (unpaired) electrons. The molecule has 8 aromatic rings. The van der Waals surface area contributed by atoms with Gasteiger partial charge in [-0.1, -0.05) is 135 Å². The zero-order chi connectivity index (χ0) is 35.9. The maximum absolute atomic E-state index is 7.88. The Morgan fingerprint density at radius 3 is 1.60 bits per heavy atom. The van der Waals surface area contributed by atoms with Gasteiger partial charge in [-0.25, -0.2) is 19.8 Å². The molecular weight excluding hydrogens is 647 g/mol. The number of hydrogen-bond donors (Lipinski definition) is 0. The number of aromatic nitrogens is 4. The minimum atomic E-state index is -0.257. The lowest BCUT2D eigenvalue weighted by Crippen LogP contribution is -2.14. The summed E-state index contributed by atoms with van der Waals surface area (Å²) in [5.74, 6) is 1.84. The molecule has 0 fully saturated rings. The summed E-state index contributed by atoms with van der Waals surface area (Å²) in [6.07, 6.45) is 3.68. The molecule has 2 heterocycles. The van der Waals surface area contributed by atoms with E-state index in [-0.39, 0.29) is 5.41 Å². The molecule has 0 aliphatic heterocycles. The van der Waals surface area contributed by atoms with Crippen LogP contribution in [0.3, 0.4) is 0 Å². The molecule has 9 rings (SSSR count). The third-order valence-electron chi connectivity index (χ3n) is 10.2. The van der Waals surface area contributed by atoms with Crippen LogP contribution in [0.4, 0.5) is 5.69 Å². The van der Waals surface area contributed by atoms with E-state index >= 15 is 0 Å². The van der Waals surface area contributed by atoms with Crippen LogP contribution in [0.2, 0.25) is 0 Å². The first-order chi connectivity index (χ1) is 26.0. The van der Waals surface area contributed by atoms with E-state index in [4.69, 9.17) is 21.5 Å². The maximum atomic E-state index is 7.88. The predicted molar refractivity (Wildman–Crippen MR) is 214 cm³/mol. The molecule has 1 aliphatic rings. The smallest absolute Gasteiger partial charge is 0.195 e. The Morgan fingerprint density at radius 1 is 0.453 bits per heavy atom. The predicted octanol–water partition coefficient (Wildman–Crippen LogP) is 12.1. The van der Waals surface area contributed by atoms with Crippen molar-refractivity contribution < 1.29 is 0 Å². The van der Waals surface area contributed by atoms with Crippen molar-refractivity contribution in [2.75, 3.05) is 0 Å². The normalized spacial score (nSPS) is 12.5. The van der Waals surface area contributed by atoms with Crippen molar-refractivity contribution in [3.63, 3.8) is 0 Å². The molecule has 6 aromatic carbocycles. The largest absolute Gasteiger partial charge is 0.264 e. The summed E-state index contributed by atoms with van der Waals surface area (Å²) >= 11 is 0. The molecule has 0 saturated heterocycles. The molecule has 2 aromatic heterocycles. The summed E-state index contributed by atoms with van der Waals surface area (Å²) in [5.41, 5.74) is 14.2. The van der Waals surface area contributed by atoms with E-state index in [1.807, 2.05) is 85.1 Å². The van der Waals surface area contributed by atoms with Crippen LogP contribution in [0.25, 0.3) is 83.5 Å². The van der Waals surface area contributed by atoms with Crippen LogP contribution in [0.5, 0.6) is 0 Å². The summed E-state index contributed by atoms with van der Waals surface area (Å²) in [7, 11) is 0. The zero-order valence-electron chi connectivity index (χ0n) is 29.3. The Kier molecular flexibility index (Phi) is 7.79. The number of fused-ring (bicyclic) bond motifs is 3. The third kappa shape index (κ3) is 5.77. The summed E-state index contributed by atoms with van der Waals surface area (Å²) in [6.45, 7) is 12.4. The Hall–Kier alpha value is -7.03. The van der Waals surface area contributed by atoms with Gasteiger partial charge in [-0.2, -0.15) is 0 Å². The molecule has 5 nitrogen and oxygen atoms in total. The van der Waals surface area contributed by atoms with Crippen molar-refractivity contribution in [2.45, 2.75) is 19.3 Å². The van der Waals surface area contributed by atoms with Gasteiger partial charge in [0.25, 0.3) is 0 Å². The van der Waals surface area contributed by atoms with Crippen molar-refractivity contribution >= 4 is 5.69 Å². The van der Waals surface area contributed by atoms with Gasteiger partial charge in [0.2, 0.25) is 0 Å². The fraction of sp³-hybridized carbons (Fsp3) is 0.0625. The summed E-state index contributed by atoms with van der Waals surface area (Å²) in [5, 5.41) is 0. The van der Waals surface area contributed by atoms with Gasteiger partial charge in [0, 0.05) is 34.5 Å². The highest BCUT2D eigenvalue weighted by Gasteiger charge is 2.36. The van der Waals surface area contributed by atoms with Crippen LogP contribution < -0.4 is 0 Å². The Labute approximate surface area is 309 Å². The van der Waals surface area contributed by atoms with E-state index in [1.165, 1.54) is 11.1 Å². The van der Waals surface area contributed by atoms with Crippen molar-refractivity contribution in [1.82, 2.24) is 19.9 Å². The van der Waals surface area contributed by atoms with Gasteiger partial charge in [-0.05, 0) is 86.0 Å². The van der Waals surface area contributed by atoms with Crippen LogP contribution in [-0.4, -0.2) is 19.9 Å². The first-order valence-electron chi connectivity index (χ1n) is 17.7. The van der Waals surface area contributed by atoms with Crippen LogP contribution >= 0.6 is 0 Å². The van der Waals surface area contributed by atoms with Gasteiger partial charge in [0.05, 0.1) is 6.57 Å². The number of rotatable bonds is 6. The van der Waals surface area contributed by atoms with E-state index in [9.17, 15) is 0 Å². The summed E-state index contributed by atoms with van der Waals surface area (Å²) < 4.78 is 0. The second kappa shape index (κ2) is 12.9. The average Bonchev–Trinajstić information content (AvgIpc) is 3.47. The van der Waals surface area contributed by atoms with Gasteiger partial charge in [-0.15, -0.1) is 0 Å². The molecule has 0 N–H and O–H groups in total. The highest BCUT2D eigenvalue weighted by atomic mass is 15.0. The minimum absolute atomic E-state index is 0.257. The van der Waals surface area contributed by atoms with Crippen molar-refractivity contribution in [2.24, 2.45) is 0 Å². The second-order valence-corrected chi connectivity index (χ2v) is 13.9. The van der Waals surface area contributed by atoms with Crippen LogP contribution in [0, 0.1) is 6.57 Å². The summed E-state index contributed by atoms with van der Waals surface area (Å²) in [6, 6.07) is 52.1. The number of benzene rings is 6. The van der Waals surface area contributed by atoms with Crippen molar-refractivity contribution in [3.8, 4) is 78.7 Å². The van der Waals surface area contributed by atoms with E-state index in [0.717, 1.165) is 61.2 Å². The van der Waals surface area contributed by atoms with Crippen LogP contribution in [-0.2, 0) is 5.41 Å². The molecule has 53 heavy (non-hydrogen) atoms. The molecular formula is C48H33N5. The molecule has 0 spiro atoms. The Morgan fingerprint density at radius 2 is 1.00 bits per heavy atom. The topological polar surface area (TPSA) is 55.9 Å². The average molecular weight is 680 g/mol. The van der Waals surface area contributed by atoms with E-state index in [2.05, 4.69) is 96.5 Å². The van der Waals surface area contributed by atoms with Gasteiger partial charge >= 0.3 is 0 Å². The standard InChI is InChI=1S/C48H33N5/c1-48(2)41-17-10-18-43(49-3)44(41)40-24-23-35(29-42(40)48)38-26-37(32-21-19-31(20-22-32)36-16-11-25-50-30-36)27-39(28-38)47-52-45(33-12-6-4-7-13-33)51-46(53-47)34-14-8-5-9-15-34/h4-30H,1-2H3. The van der Waals surface area contributed by atoms with Crippen LogP contribution in [0.1, 0.15) is 25.0 Å². The third-order valence-corrected chi connectivity index (χ3v) is 10.2. The second-order valence-electron chi connectivity index (χ2n) is 13.9. The van der Waals surface area contributed by atoms with Crippen LogP contribution in [0.15, 0.2) is 164 Å². The molecule has 0 unspecified atom stereocenters. The zero-order valence-corrected chi connectivity index (χ0v) is 29.3. The van der Waals surface area contributed by atoms with Gasteiger partial charge in [-0.3, -0.25) is 4.98 Å². The van der Waals surface area contributed by atoms with Gasteiger partial charge in [0.15, 0.2) is 23.2 Å². The fourth-order valence-corrected chi connectivity index (χ4v) is 7.46. The van der Waals surface area contributed by atoms with E-state index < -0.39 is 0 Å². The highest BCUT2D eigenvalue weighted by Crippen LogP contribution is 2.53. The maximum Gasteiger partial charge on any atom is 0.195 e. The molecule has 1 aliphatic carbocycles. The lowest BCUT2D eigenvalue weighted by atomic mass is 9.81. The summed E-state index contributed by atoms with van der Waals surface area (Å²) in [4.78, 5) is 23.3. The van der Waals surface area contributed by atoms with Gasteiger partial charge in [0.1, 0.15) is 0 Å². The van der Waals surface area contributed by atoms with E-state index in [0.29, 0.717) is 23.2 Å². The molecule has 250 valence electrons. The SMILES string of the molecule is [C-]#[N+]c1cccc2c1-c1ccc(-c3cc(-c4ccc(-c5cccnc5)cc4)cc(-c4nc(-c5ccccc5)nc(-c5ccccc5)n4)c3)cc1C2(C)C. The van der Waals surface area contributed by atoms with Crippen molar-refractivity contribution in [3.05, 3.63) is 187 Å². The first-order valence-corrected chi connectivity index (χ1v) is 17.7. The minimum Gasteiger partial charge on any atom is -0.264 e. The number of nitrogens with zero attached hydrogens (tertiary/aromatic N) is 5. The molecule has 0 atom stereocenters. The Bertz CT molecular complexity index is 2620. The highest BCUT2D eigenvalue weighted by molar-refractivity contribution is 5.92. The lowest BCUT2D eigenvalue weighted by Gasteiger charge is -2.22. The van der Waals surface area contributed by atoms with Crippen molar-refractivity contribution in [1.29, 1.82) is 0 Å². The lowest BCUT2D eigenvalue weighted by molar-refractivity contribution is 0.661. The van der Waals surface area contributed by atoms with E-state index in [1.54, 1.807) is 6.20 Å². The number of pyridine rings is 1. The van der Waals surface area contributed by atoms with Gasteiger partial charge < -0.3 is 0 Å². The Balaban J connectivity index is 1.24. The molecule has 0 amide bonds. The quantitative estimate of drug-likeness (QED) is 0.164. The molecule has 0 bridgehead atoms. The fourth-order valence-electron chi connectivity index (χ4n) is 7.46. The molecule has 0 saturated carbocycles. The monoisotopic (exact) mass is 679 g/mol. The first kappa shape index (κ1) is 31.9.